The van der Waals surface area contributed by atoms with Crippen LogP contribution in [0.3, 0.4) is 0 Å². The Hall–Kier alpha value is -1.37. The Bertz CT molecular complexity index is 576. The summed E-state index contributed by atoms with van der Waals surface area (Å²) in [6, 6.07) is 5.42. The average molecular weight is 352 g/mol. The first-order valence-electron chi connectivity index (χ1n) is 8.61. The highest BCUT2D eigenvalue weighted by atomic mass is 32.2. The molecule has 0 spiro atoms. The van der Waals surface area contributed by atoms with Gasteiger partial charge in [-0.3, -0.25) is 4.21 Å². The highest BCUT2D eigenvalue weighted by molar-refractivity contribution is 7.76. The van der Waals surface area contributed by atoms with E-state index >= 15 is 0 Å². The predicted molar refractivity (Wildman–Crippen MR) is 94.5 cm³/mol. The predicted octanol–water partition coefficient (Wildman–Crippen LogP) is 4.10. The molecule has 2 atom stereocenters. The molecule has 1 aliphatic rings. The topological polar surface area (TPSA) is 61.8 Å². The molecule has 2 unspecified atom stereocenters. The van der Waals surface area contributed by atoms with Crippen LogP contribution in [0.4, 0.5) is 0 Å². The van der Waals surface area contributed by atoms with Crippen molar-refractivity contribution in [2.24, 2.45) is 0 Å². The molecule has 1 aromatic carbocycles. The number of benzene rings is 1. The number of nitrogens with zero attached hydrogens (tertiary/aromatic N) is 1. The fraction of sp³-hybridized carbons (Fsp3) is 0.556. The highest BCUT2D eigenvalue weighted by Crippen LogP contribution is 2.38. The van der Waals surface area contributed by atoms with Crippen LogP contribution in [0.15, 0.2) is 30.5 Å². The second-order valence-corrected chi connectivity index (χ2v) is 6.72. The SMILES string of the molecule is CCC=COc1ccc2c(c1)C(N(CCCC)S(=O)[O-])CCCO2. The van der Waals surface area contributed by atoms with Crippen LogP contribution in [0.2, 0.25) is 0 Å². The normalized spacial score (nSPS) is 18.9. The summed E-state index contributed by atoms with van der Waals surface area (Å²) in [5.74, 6) is 1.44. The van der Waals surface area contributed by atoms with Crippen molar-refractivity contribution >= 4 is 11.3 Å². The fourth-order valence-corrected chi connectivity index (χ4v) is 3.48. The zero-order valence-corrected chi connectivity index (χ0v) is 15.2. The minimum absolute atomic E-state index is 0.203. The Morgan fingerprint density at radius 2 is 2.29 bits per heavy atom. The van der Waals surface area contributed by atoms with Crippen molar-refractivity contribution in [1.29, 1.82) is 0 Å². The summed E-state index contributed by atoms with van der Waals surface area (Å²) in [5.41, 5.74) is 0.884. The summed E-state index contributed by atoms with van der Waals surface area (Å²) < 4.78 is 36.5. The summed E-state index contributed by atoms with van der Waals surface area (Å²) >= 11 is -2.26. The van der Waals surface area contributed by atoms with Crippen molar-refractivity contribution in [3.63, 3.8) is 0 Å². The molecule has 0 bridgehead atoms. The zero-order valence-electron chi connectivity index (χ0n) is 14.4. The van der Waals surface area contributed by atoms with Crippen molar-refractivity contribution in [1.82, 2.24) is 4.31 Å². The van der Waals surface area contributed by atoms with Gasteiger partial charge in [0.05, 0.1) is 18.9 Å². The van der Waals surface area contributed by atoms with Gasteiger partial charge in [0.2, 0.25) is 0 Å². The monoisotopic (exact) mass is 352 g/mol. The molecule has 134 valence electrons. The van der Waals surface area contributed by atoms with Crippen molar-refractivity contribution in [3.05, 3.63) is 36.1 Å². The lowest BCUT2D eigenvalue weighted by molar-refractivity contribution is 0.285. The van der Waals surface area contributed by atoms with Gasteiger partial charge in [-0.1, -0.05) is 20.3 Å². The first-order chi connectivity index (χ1) is 11.7. The van der Waals surface area contributed by atoms with Crippen LogP contribution in [0.5, 0.6) is 11.5 Å². The lowest BCUT2D eigenvalue weighted by Gasteiger charge is -2.32. The molecule has 24 heavy (non-hydrogen) atoms. The molecule has 0 N–H and O–H groups in total. The van der Waals surface area contributed by atoms with Gasteiger partial charge in [0.15, 0.2) is 0 Å². The van der Waals surface area contributed by atoms with Gasteiger partial charge in [-0.15, -0.1) is 0 Å². The van der Waals surface area contributed by atoms with E-state index < -0.39 is 11.3 Å². The molecule has 0 aliphatic carbocycles. The van der Waals surface area contributed by atoms with Gasteiger partial charge in [-0.25, -0.2) is 4.31 Å². The number of hydrogen-bond acceptors (Lipinski definition) is 4. The number of unbranched alkanes of at least 4 members (excludes halogenated alkanes) is 1. The molecule has 0 aromatic heterocycles. The van der Waals surface area contributed by atoms with E-state index in [2.05, 4.69) is 6.92 Å². The van der Waals surface area contributed by atoms with E-state index in [4.69, 9.17) is 9.47 Å². The Morgan fingerprint density at radius 1 is 1.46 bits per heavy atom. The number of fused-ring (bicyclic) bond motifs is 1. The van der Waals surface area contributed by atoms with Crippen molar-refractivity contribution in [2.75, 3.05) is 13.2 Å². The second kappa shape index (κ2) is 9.81. The Balaban J connectivity index is 2.31. The maximum absolute atomic E-state index is 11.8. The lowest BCUT2D eigenvalue weighted by atomic mass is 10.0. The van der Waals surface area contributed by atoms with E-state index in [0.717, 1.165) is 43.4 Å². The Labute approximate surface area is 147 Å². The molecule has 1 heterocycles. The van der Waals surface area contributed by atoms with Crippen LogP contribution < -0.4 is 9.47 Å². The van der Waals surface area contributed by atoms with Gasteiger partial charge in [0, 0.05) is 23.4 Å². The molecule has 0 radical (unpaired) electrons. The molecule has 0 amide bonds. The molecule has 0 saturated heterocycles. The molecule has 6 heteroatoms. The zero-order chi connectivity index (χ0) is 17.4. The molecular weight excluding hydrogens is 326 g/mol. The average Bonchev–Trinajstić information content (AvgIpc) is 2.78. The number of ether oxygens (including phenoxy) is 2. The van der Waals surface area contributed by atoms with Gasteiger partial charge in [0.25, 0.3) is 0 Å². The number of allylic oxidation sites excluding steroid dienone is 1. The first kappa shape index (κ1) is 19.0. The van der Waals surface area contributed by atoms with Crippen LogP contribution in [0.25, 0.3) is 0 Å². The third-order valence-corrected chi connectivity index (χ3v) is 4.85. The van der Waals surface area contributed by atoms with Crippen LogP contribution in [-0.4, -0.2) is 26.2 Å². The first-order valence-corrected chi connectivity index (χ1v) is 9.65. The van der Waals surface area contributed by atoms with E-state index in [-0.39, 0.29) is 6.04 Å². The summed E-state index contributed by atoms with van der Waals surface area (Å²) in [4.78, 5) is 0. The summed E-state index contributed by atoms with van der Waals surface area (Å²) in [6.45, 7) is 5.22. The molecule has 2 rings (SSSR count). The van der Waals surface area contributed by atoms with Gasteiger partial charge < -0.3 is 14.0 Å². The third kappa shape index (κ3) is 5.06. The minimum Gasteiger partial charge on any atom is -0.760 e. The van der Waals surface area contributed by atoms with E-state index in [9.17, 15) is 8.76 Å². The standard InChI is InChI=1S/C18H27NO4S/c1-3-5-11-19(24(20)21)17-8-7-13-23-18-10-9-15(14-16(17)18)22-12-6-4-2/h6,9-10,12,14,17H,3-5,7-8,11,13H2,1-2H3,(H,20,21)/p-1. The maximum atomic E-state index is 11.8. The summed E-state index contributed by atoms with van der Waals surface area (Å²) in [7, 11) is 0. The van der Waals surface area contributed by atoms with Gasteiger partial charge in [-0.2, -0.15) is 0 Å². The molecule has 0 fully saturated rings. The minimum atomic E-state index is -2.26. The van der Waals surface area contributed by atoms with E-state index in [1.165, 1.54) is 0 Å². The lowest BCUT2D eigenvalue weighted by Crippen LogP contribution is -2.31. The largest absolute Gasteiger partial charge is 0.760 e. The summed E-state index contributed by atoms with van der Waals surface area (Å²) in [5, 5.41) is 0. The van der Waals surface area contributed by atoms with Crippen LogP contribution in [0, 0.1) is 0 Å². The van der Waals surface area contributed by atoms with Crippen molar-refractivity contribution in [3.8, 4) is 11.5 Å². The van der Waals surface area contributed by atoms with Gasteiger partial charge >= 0.3 is 0 Å². The van der Waals surface area contributed by atoms with Crippen molar-refractivity contribution in [2.45, 2.75) is 52.0 Å². The van der Waals surface area contributed by atoms with E-state index in [1.54, 1.807) is 10.6 Å². The smallest absolute Gasteiger partial charge is 0.127 e. The molecule has 1 aromatic rings. The number of rotatable bonds is 8. The van der Waals surface area contributed by atoms with Gasteiger partial charge in [-0.05, 0) is 50.0 Å². The third-order valence-electron chi connectivity index (χ3n) is 4.03. The van der Waals surface area contributed by atoms with Crippen LogP contribution in [0.1, 0.15) is 57.6 Å². The Morgan fingerprint density at radius 3 is 3.00 bits per heavy atom. The number of hydrogen-bond donors (Lipinski definition) is 0. The maximum Gasteiger partial charge on any atom is 0.127 e. The molecular formula is C18H26NO4S-. The Kier molecular flexibility index (Phi) is 7.75. The van der Waals surface area contributed by atoms with Crippen LogP contribution in [-0.2, 0) is 11.3 Å². The van der Waals surface area contributed by atoms with Gasteiger partial charge in [0.1, 0.15) is 11.5 Å². The molecule has 0 saturated carbocycles. The quantitative estimate of drug-likeness (QED) is 0.522. The molecule has 5 nitrogen and oxygen atoms in total. The second-order valence-electron chi connectivity index (χ2n) is 5.82. The van der Waals surface area contributed by atoms with E-state index in [0.29, 0.717) is 18.9 Å². The van der Waals surface area contributed by atoms with Crippen LogP contribution >= 0.6 is 0 Å². The highest BCUT2D eigenvalue weighted by Gasteiger charge is 2.26. The van der Waals surface area contributed by atoms with Crippen molar-refractivity contribution < 1.29 is 18.2 Å². The molecule has 1 aliphatic heterocycles. The fourth-order valence-electron chi connectivity index (χ4n) is 2.78. The summed E-state index contributed by atoms with van der Waals surface area (Å²) in [6.07, 6.45) is 7.86. The van der Waals surface area contributed by atoms with E-state index in [1.807, 2.05) is 31.2 Å².